The van der Waals surface area contributed by atoms with Crippen LogP contribution in [0.2, 0.25) is 20.1 Å². The zero-order valence-corrected chi connectivity index (χ0v) is 65.3. The molecular formula is C79H108Cl4N8O9S. The molecule has 8 rings (SSSR count). The lowest BCUT2D eigenvalue weighted by Gasteiger charge is -2.21. The highest BCUT2D eigenvalue weighted by atomic mass is 35.5. The minimum Gasteiger partial charge on any atom is -0.494 e. The van der Waals surface area contributed by atoms with Crippen LogP contribution in [0.3, 0.4) is 0 Å². The van der Waals surface area contributed by atoms with Gasteiger partial charge in [-0.1, -0.05) is 199 Å². The van der Waals surface area contributed by atoms with E-state index in [0.29, 0.717) is 37.9 Å². The summed E-state index contributed by atoms with van der Waals surface area (Å²) in [6.07, 6.45) is 19.1. The van der Waals surface area contributed by atoms with Crippen molar-refractivity contribution in [1.82, 2.24) is 39.1 Å². The zero-order chi connectivity index (χ0) is 73.8. The van der Waals surface area contributed by atoms with Gasteiger partial charge in [0.2, 0.25) is 0 Å². The Morgan fingerprint density at radius 1 is 0.356 bits per heavy atom. The molecule has 0 saturated heterocycles. The monoisotopic (exact) mass is 1480 g/mol. The smallest absolute Gasteiger partial charge is 0.289 e. The molecule has 0 fully saturated rings. The molecule has 0 amide bonds. The van der Waals surface area contributed by atoms with Crippen molar-refractivity contribution in [2.75, 3.05) is 13.2 Å². The highest BCUT2D eigenvalue weighted by molar-refractivity contribution is 7.98. The molecule has 0 aliphatic rings. The van der Waals surface area contributed by atoms with Gasteiger partial charge in [0, 0.05) is 12.4 Å². The average Bonchev–Trinajstić information content (AvgIpc) is 0.844. The largest absolute Gasteiger partial charge is 0.494 e. The third-order valence-corrected chi connectivity index (χ3v) is 17.8. The van der Waals surface area contributed by atoms with Crippen molar-refractivity contribution in [2.24, 2.45) is 0 Å². The lowest BCUT2D eigenvalue weighted by atomic mass is 10.1. The molecule has 4 aromatic carbocycles. The van der Waals surface area contributed by atoms with Gasteiger partial charge in [0.25, 0.3) is 22.2 Å². The fourth-order valence-corrected chi connectivity index (χ4v) is 11.2. The van der Waals surface area contributed by atoms with E-state index in [0.717, 1.165) is 84.0 Å². The molecule has 0 radical (unpaired) electrons. The molecule has 0 aliphatic heterocycles. The number of halogens is 4. The minimum absolute atomic E-state index is 0. The highest BCUT2D eigenvalue weighted by Gasteiger charge is 2.24. The summed E-state index contributed by atoms with van der Waals surface area (Å²) in [4.78, 5) is 50.0. The Morgan fingerprint density at radius 3 is 1.00 bits per heavy atom. The van der Waals surface area contributed by atoms with Crippen LogP contribution in [-0.2, 0) is 71.9 Å². The zero-order valence-electron chi connectivity index (χ0n) is 61.4. The van der Waals surface area contributed by atoms with Crippen LogP contribution < -0.4 is 41.2 Å². The Balaban J connectivity index is 0.000000285. The molecule has 552 valence electrons. The Labute approximate surface area is 623 Å². The number of nitrogens with zero attached hydrogens (tertiary/aromatic N) is 8. The summed E-state index contributed by atoms with van der Waals surface area (Å²) < 4.78 is 33.7. The fraction of sp³-hybridized carbons (Fsp3) is 0.494. The average molecular weight is 1490 g/mol. The number of thioether (sulfide) groups is 1. The molecule has 0 spiro atoms. The van der Waals surface area contributed by atoms with Gasteiger partial charge in [-0.2, -0.15) is 20.4 Å². The number of aromatic nitrogens is 8. The maximum absolute atomic E-state index is 12.4. The molecular weight excluding hydrogens is 1380 g/mol. The second-order valence-corrected chi connectivity index (χ2v) is 30.8. The van der Waals surface area contributed by atoms with Gasteiger partial charge in [-0.05, 0) is 173 Å². The maximum Gasteiger partial charge on any atom is 0.289 e. The molecule has 22 heteroatoms. The first-order valence-corrected chi connectivity index (χ1v) is 37.0. The fourth-order valence-electron chi connectivity index (χ4n) is 9.47. The predicted molar refractivity (Wildman–Crippen MR) is 416 cm³/mol. The summed E-state index contributed by atoms with van der Waals surface area (Å²) in [7, 11) is 0. The van der Waals surface area contributed by atoms with Gasteiger partial charge in [-0.3, -0.25) is 19.2 Å². The molecule has 101 heavy (non-hydrogen) atoms. The molecule has 0 aliphatic carbocycles. The van der Waals surface area contributed by atoms with E-state index < -0.39 is 16.6 Å². The first kappa shape index (κ1) is 86.5. The van der Waals surface area contributed by atoms with E-state index in [1.165, 1.54) is 92.5 Å². The SMILES string of the molecule is C.CCCCCc1ccc(COc2cnn(C(C)(C)C)c(=O)c2Cl)cc1.CCCCCc1ccc(CSc2cnn(C(C)(C)C)c(=O)c2Cl)cc1.CCCCOc1ccc(COc2cnn(C(C)(C)C)c(=O)c2Cl)cc1.CCCOCc1ccc(COc2cnn(C(C)(C)C)c(=O)c2Cl)cc1. The number of rotatable bonds is 28. The van der Waals surface area contributed by atoms with E-state index in [1.807, 2.05) is 132 Å². The van der Waals surface area contributed by atoms with Crippen LogP contribution >= 0.6 is 58.2 Å². The van der Waals surface area contributed by atoms with Crippen LogP contribution in [0.15, 0.2) is 146 Å². The molecule has 4 heterocycles. The van der Waals surface area contributed by atoms with Crippen LogP contribution in [0.1, 0.15) is 215 Å². The lowest BCUT2D eigenvalue weighted by Crippen LogP contribution is -2.36. The van der Waals surface area contributed by atoms with Crippen molar-refractivity contribution in [3.63, 3.8) is 0 Å². The number of hydrogen-bond acceptors (Lipinski definition) is 14. The normalized spacial score (nSPS) is 11.4. The van der Waals surface area contributed by atoms with Gasteiger partial charge >= 0.3 is 0 Å². The Hall–Kier alpha value is -6.93. The van der Waals surface area contributed by atoms with E-state index in [2.05, 4.69) is 96.6 Å². The summed E-state index contributed by atoms with van der Waals surface area (Å²) in [5.41, 5.74) is 5.09. The van der Waals surface area contributed by atoms with Crippen LogP contribution in [0, 0.1) is 0 Å². The molecule has 0 unspecified atom stereocenters. The molecule has 8 aromatic rings. The number of ether oxygens (including phenoxy) is 5. The van der Waals surface area contributed by atoms with E-state index in [-0.39, 0.29) is 61.0 Å². The van der Waals surface area contributed by atoms with E-state index in [9.17, 15) is 19.2 Å². The predicted octanol–water partition coefficient (Wildman–Crippen LogP) is 19.8. The van der Waals surface area contributed by atoms with E-state index in [4.69, 9.17) is 70.1 Å². The Bertz CT molecular complexity index is 3520. The third-order valence-electron chi connectivity index (χ3n) is 15.2. The van der Waals surface area contributed by atoms with Gasteiger partial charge in [-0.15, -0.1) is 11.8 Å². The first-order valence-electron chi connectivity index (χ1n) is 34.5. The van der Waals surface area contributed by atoms with Crippen molar-refractivity contribution in [3.8, 4) is 23.0 Å². The molecule has 0 N–H and O–H groups in total. The van der Waals surface area contributed by atoms with Crippen LogP contribution in [-0.4, -0.2) is 52.3 Å². The van der Waals surface area contributed by atoms with Gasteiger partial charge in [0.15, 0.2) is 32.3 Å². The molecule has 0 atom stereocenters. The minimum atomic E-state index is -0.438. The van der Waals surface area contributed by atoms with Gasteiger partial charge in [0.05, 0.1) is 65.1 Å². The van der Waals surface area contributed by atoms with Gasteiger partial charge in [0.1, 0.15) is 30.6 Å². The van der Waals surface area contributed by atoms with Crippen molar-refractivity contribution in [3.05, 3.63) is 222 Å². The summed E-state index contributed by atoms with van der Waals surface area (Å²) in [5.74, 6) is 2.51. The topological polar surface area (TPSA) is 186 Å². The number of unbranched alkanes of at least 4 members (excludes halogenated alkanes) is 5. The molecule has 0 saturated carbocycles. The van der Waals surface area contributed by atoms with Gasteiger partial charge < -0.3 is 23.7 Å². The quantitative estimate of drug-likeness (QED) is 0.0333. The lowest BCUT2D eigenvalue weighted by molar-refractivity contribution is 0.121. The summed E-state index contributed by atoms with van der Waals surface area (Å²) in [6, 6.07) is 32.7. The third kappa shape index (κ3) is 28.3. The number of hydrogen-bond donors (Lipinski definition) is 0. The second kappa shape index (κ2) is 42.0. The standard InChI is InChI=1S/C20H27ClN2O2.C20H27ClN2OS.2C19H25ClN2O3.CH4/c2*1-5-6-7-8-15-9-11-16(12-10-15)14-25-17-13-22-23(20(2,3)4)19(24)18(17)21;1-5-10-24-12-14-6-8-15(9-7-14)13-25-16-11-21-22(19(2,3)4)18(23)17(16)20;1-5-6-11-24-15-9-7-14(8-10-15)13-25-16-12-21-22(19(2,3)4)18(23)17(16)20;/h2*9-13H,5-8,14H2,1-4H3;6-9,11H,5,10,12-13H2,1-4H3;7-10,12H,5-6,11,13H2,1-4H3;1H4. The highest BCUT2D eigenvalue weighted by Crippen LogP contribution is 2.29. The molecule has 17 nitrogen and oxygen atoms in total. The number of aryl methyl sites for hydroxylation is 2. The van der Waals surface area contributed by atoms with Crippen molar-refractivity contribution in [2.45, 2.75) is 248 Å². The summed E-state index contributed by atoms with van der Waals surface area (Å²) in [6.45, 7) is 34.6. The van der Waals surface area contributed by atoms with Crippen molar-refractivity contribution in [1.29, 1.82) is 0 Å². The first-order chi connectivity index (χ1) is 47.3. The van der Waals surface area contributed by atoms with Crippen LogP contribution in [0.5, 0.6) is 23.0 Å². The van der Waals surface area contributed by atoms with E-state index in [1.54, 1.807) is 18.0 Å². The van der Waals surface area contributed by atoms with Crippen LogP contribution in [0.4, 0.5) is 0 Å². The van der Waals surface area contributed by atoms with Crippen molar-refractivity contribution < 1.29 is 23.7 Å². The Morgan fingerprint density at radius 2 is 0.663 bits per heavy atom. The van der Waals surface area contributed by atoms with Gasteiger partial charge in [-0.25, -0.2) is 18.7 Å². The summed E-state index contributed by atoms with van der Waals surface area (Å²) in [5, 5.41) is 17.2. The second-order valence-electron chi connectivity index (χ2n) is 28.3. The van der Waals surface area contributed by atoms with Crippen molar-refractivity contribution >= 4 is 58.2 Å². The Kier molecular flexibility index (Phi) is 36.0. The van der Waals surface area contributed by atoms with Crippen LogP contribution in [0.25, 0.3) is 0 Å². The van der Waals surface area contributed by atoms with E-state index >= 15 is 0 Å². The molecule has 4 aromatic heterocycles. The summed E-state index contributed by atoms with van der Waals surface area (Å²) >= 11 is 26.3. The maximum atomic E-state index is 12.4. The molecule has 0 bridgehead atoms. The number of benzene rings is 4.